The summed E-state index contributed by atoms with van der Waals surface area (Å²) in [5, 5.41) is 12.1. The van der Waals surface area contributed by atoms with Crippen LogP contribution in [0.4, 0.5) is 5.69 Å². The topological polar surface area (TPSA) is 94.6 Å². The van der Waals surface area contributed by atoms with Crippen molar-refractivity contribution < 1.29 is 9.53 Å². The number of carbonyl (C=O) groups excluding carboxylic acids is 1. The first-order valence-corrected chi connectivity index (χ1v) is 10.9. The summed E-state index contributed by atoms with van der Waals surface area (Å²) in [5.74, 6) is 1.53. The number of hydrogen-bond acceptors (Lipinski definition) is 6. The number of ether oxygens (including phenoxy) is 1. The maximum Gasteiger partial charge on any atom is 0.227 e. The molecule has 30 heavy (non-hydrogen) atoms. The number of hydrazine groups is 1. The molecule has 7 heteroatoms. The molecule has 154 valence electrons. The van der Waals surface area contributed by atoms with Gasteiger partial charge in [-0.3, -0.25) is 9.80 Å². The van der Waals surface area contributed by atoms with E-state index in [0.29, 0.717) is 24.0 Å². The molecule has 7 nitrogen and oxygen atoms in total. The van der Waals surface area contributed by atoms with E-state index in [9.17, 15) is 10.1 Å². The third kappa shape index (κ3) is 2.71. The summed E-state index contributed by atoms with van der Waals surface area (Å²) in [6, 6.07) is 11.0. The molecule has 2 unspecified atom stereocenters. The summed E-state index contributed by atoms with van der Waals surface area (Å²) in [6.45, 7) is 0.769. The first-order valence-electron chi connectivity index (χ1n) is 10.9. The Labute approximate surface area is 175 Å². The first kappa shape index (κ1) is 17.8. The number of carbonyl (C=O) groups is 1. The summed E-state index contributed by atoms with van der Waals surface area (Å²) in [7, 11) is 0. The van der Waals surface area contributed by atoms with Crippen LogP contribution in [0.1, 0.15) is 50.0 Å². The van der Waals surface area contributed by atoms with Crippen molar-refractivity contribution >= 4 is 11.6 Å². The van der Waals surface area contributed by atoms with Gasteiger partial charge in [-0.25, -0.2) is 5.43 Å². The van der Waals surface area contributed by atoms with Crippen LogP contribution in [0.3, 0.4) is 0 Å². The van der Waals surface area contributed by atoms with Gasteiger partial charge in [0, 0.05) is 30.3 Å². The maximum absolute atomic E-state index is 12.1. The Morgan fingerprint density at radius 2 is 1.93 bits per heavy atom. The number of anilines is 1. The third-order valence-corrected chi connectivity index (χ3v) is 6.89. The lowest BCUT2D eigenvalue weighted by molar-refractivity contribution is -0.117. The Morgan fingerprint density at radius 1 is 1.17 bits per heavy atom. The highest BCUT2D eigenvalue weighted by Gasteiger charge is 2.51. The van der Waals surface area contributed by atoms with E-state index in [0.717, 1.165) is 48.5 Å². The number of benzene rings is 1. The quantitative estimate of drug-likeness (QED) is 0.803. The fraction of sp³-hybridized carbons (Fsp3) is 0.478. The zero-order valence-corrected chi connectivity index (χ0v) is 16.8. The first-order chi connectivity index (χ1) is 14.7. The zero-order chi connectivity index (χ0) is 20.4. The van der Waals surface area contributed by atoms with Gasteiger partial charge in [-0.05, 0) is 55.7 Å². The van der Waals surface area contributed by atoms with Gasteiger partial charge in [0.2, 0.25) is 17.7 Å². The van der Waals surface area contributed by atoms with Gasteiger partial charge in [0.25, 0.3) is 0 Å². The number of nitrogens with zero attached hydrogens (tertiary/aromatic N) is 3. The van der Waals surface area contributed by atoms with Crippen LogP contribution in [0.5, 0.6) is 0 Å². The van der Waals surface area contributed by atoms with Crippen molar-refractivity contribution in [3.05, 3.63) is 52.7 Å². The van der Waals surface area contributed by atoms with Crippen molar-refractivity contribution in [2.75, 3.05) is 11.4 Å². The predicted molar refractivity (Wildman–Crippen MR) is 110 cm³/mol. The Hall–Kier alpha value is -2.98. The monoisotopic (exact) mass is 403 g/mol. The molecule has 3 heterocycles. The molecular formula is C23H25N5O2. The zero-order valence-electron chi connectivity index (χ0n) is 16.8. The number of hydrogen-bond donors (Lipinski definition) is 2. The van der Waals surface area contributed by atoms with E-state index in [2.05, 4.69) is 16.5 Å². The van der Waals surface area contributed by atoms with E-state index in [1.54, 1.807) is 0 Å². The molecule has 3 fully saturated rings. The van der Waals surface area contributed by atoms with E-state index < -0.39 is 0 Å². The summed E-state index contributed by atoms with van der Waals surface area (Å²) >= 11 is 0. The normalized spacial score (nSPS) is 28.7. The Balaban J connectivity index is 1.41. The Morgan fingerprint density at radius 3 is 2.53 bits per heavy atom. The average Bonchev–Trinajstić information content (AvgIpc) is 3.69. The predicted octanol–water partition coefficient (Wildman–Crippen LogP) is 2.59. The van der Waals surface area contributed by atoms with E-state index in [1.807, 2.05) is 29.2 Å². The van der Waals surface area contributed by atoms with Gasteiger partial charge >= 0.3 is 0 Å². The molecule has 1 amide bonds. The number of rotatable bonds is 4. The molecule has 3 aliphatic heterocycles. The molecule has 6 rings (SSSR count). The van der Waals surface area contributed by atoms with Gasteiger partial charge in [-0.15, -0.1) is 0 Å². The molecule has 1 aromatic rings. The van der Waals surface area contributed by atoms with Crippen molar-refractivity contribution in [2.24, 2.45) is 11.7 Å². The third-order valence-electron chi connectivity index (χ3n) is 6.89. The van der Waals surface area contributed by atoms with Gasteiger partial charge in [0.15, 0.2) is 0 Å². The van der Waals surface area contributed by atoms with Gasteiger partial charge in [0.05, 0.1) is 12.0 Å². The number of nitriles is 1. The molecule has 0 aromatic heterocycles. The molecule has 1 saturated heterocycles. The maximum atomic E-state index is 12.1. The molecule has 2 atom stereocenters. The van der Waals surface area contributed by atoms with E-state index in [-0.39, 0.29) is 23.8 Å². The Bertz CT molecular complexity index is 1010. The fourth-order valence-electron chi connectivity index (χ4n) is 5.04. The summed E-state index contributed by atoms with van der Waals surface area (Å²) < 4.78 is 6.03. The smallest absolute Gasteiger partial charge is 0.227 e. The summed E-state index contributed by atoms with van der Waals surface area (Å²) in [5.41, 5.74) is 13.5. The number of nitrogens with two attached hydrogens (primary N) is 1. The largest absolute Gasteiger partial charge is 0.423 e. The highest BCUT2D eigenvalue weighted by molar-refractivity contribution is 5.95. The number of nitrogens with one attached hydrogen (secondary N) is 1. The van der Waals surface area contributed by atoms with Crippen LogP contribution >= 0.6 is 0 Å². The summed E-state index contributed by atoms with van der Waals surface area (Å²) in [4.78, 5) is 13.9. The lowest BCUT2D eigenvalue weighted by atomic mass is 9.80. The molecule has 2 saturated carbocycles. The van der Waals surface area contributed by atoms with E-state index in [4.69, 9.17) is 10.5 Å². The van der Waals surface area contributed by atoms with Crippen molar-refractivity contribution in [2.45, 2.75) is 56.5 Å². The minimum absolute atomic E-state index is 0.175. The second-order valence-electron chi connectivity index (χ2n) is 8.97. The minimum atomic E-state index is -0.219. The van der Waals surface area contributed by atoms with Crippen molar-refractivity contribution in [3.8, 4) is 6.07 Å². The van der Waals surface area contributed by atoms with Gasteiger partial charge in [-0.2, -0.15) is 5.26 Å². The minimum Gasteiger partial charge on any atom is -0.423 e. The van der Waals surface area contributed by atoms with Crippen LogP contribution in [-0.2, 0) is 9.53 Å². The fourth-order valence-corrected chi connectivity index (χ4v) is 5.04. The van der Waals surface area contributed by atoms with Gasteiger partial charge < -0.3 is 15.4 Å². The molecule has 0 spiro atoms. The molecule has 5 aliphatic rings. The molecule has 2 aliphatic carbocycles. The van der Waals surface area contributed by atoms with Crippen LogP contribution in [0, 0.1) is 17.2 Å². The van der Waals surface area contributed by atoms with Crippen LogP contribution in [0.15, 0.2) is 47.2 Å². The molecule has 0 bridgehead atoms. The van der Waals surface area contributed by atoms with E-state index in [1.165, 1.54) is 12.8 Å². The standard InChI is InChI=1S/C23H25N5O2/c24-12-17-19(13-5-7-15(8-6-13)27-11-1-2-18(27)29)20-21(14-3-4-14)26-28(16-9-10-16)23(20)30-22(17)25/h5-8,14,16,19,21,26H,1-4,9-11,25H2. The highest BCUT2D eigenvalue weighted by atomic mass is 16.5. The highest BCUT2D eigenvalue weighted by Crippen LogP contribution is 2.51. The van der Waals surface area contributed by atoms with Crippen LogP contribution in [0.2, 0.25) is 0 Å². The second kappa shape index (κ2) is 6.51. The number of amides is 1. The van der Waals surface area contributed by atoms with E-state index >= 15 is 0 Å². The van der Waals surface area contributed by atoms with Crippen molar-refractivity contribution in [1.29, 1.82) is 5.26 Å². The van der Waals surface area contributed by atoms with Crippen molar-refractivity contribution in [3.63, 3.8) is 0 Å². The average molecular weight is 403 g/mol. The molecule has 3 N–H and O–H groups in total. The molecule has 1 aromatic carbocycles. The molecular weight excluding hydrogens is 378 g/mol. The lowest BCUT2D eigenvalue weighted by Gasteiger charge is -2.29. The van der Waals surface area contributed by atoms with Crippen LogP contribution in [-0.4, -0.2) is 29.5 Å². The van der Waals surface area contributed by atoms with Gasteiger partial charge in [-0.1, -0.05) is 12.1 Å². The SMILES string of the molecule is N#CC1=C(N)OC2=C(C1c1ccc(N3CCCC3=O)cc1)C(C1CC1)NN2C1CC1. The van der Waals surface area contributed by atoms with Crippen LogP contribution in [0.25, 0.3) is 0 Å². The summed E-state index contributed by atoms with van der Waals surface area (Å²) in [6.07, 6.45) is 6.18. The lowest BCUT2D eigenvalue weighted by Crippen LogP contribution is -2.40. The Kier molecular flexibility index (Phi) is 3.87. The van der Waals surface area contributed by atoms with Gasteiger partial charge in [0.1, 0.15) is 11.6 Å². The number of allylic oxidation sites excluding steroid dienone is 1. The van der Waals surface area contributed by atoms with Crippen molar-refractivity contribution in [1.82, 2.24) is 10.4 Å². The second-order valence-corrected chi connectivity index (χ2v) is 8.97. The molecule has 0 radical (unpaired) electrons. The van der Waals surface area contributed by atoms with Crippen LogP contribution < -0.4 is 16.1 Å².